The maximum atomic E-state index is 12.6. The van der Waals surface area contributed by atoms with E-state index in [-0.39, 0.29) is 0 Å². The van der Waals surface area contributed by atoms with Crippen LogP contribution in [0.4, 0.5) is 5.69 Å². The van der Waals surface area contributed by atoms with Crippen molar-refractivity contribution < 1.29 is 8.95 Å². The van der Waals surface area contributed by atoms with Gasteiger partial charge in [0.05, 0.1) is 28.1 Å². The quantitative estimate of drug-likeness (QED) is 0.747. The maximum absolute atomic E-state index is 12.6. The highest BCUT2D eigenvalue weighted by atomic mass is 79.9. The Morgan fingerprint density at radius 2 is 2.05 bits per heavy atom. The highest BCUT2D eigenvalue weighted by Gasteiger charge is 2.20. The Balaban J connectivity index is 1.92. The second-order valence-corrected chi connectivity index (χ2v) is 8.02. The topological polar surface area (TPSA) is 52.3 Å². The first kappa shape index (κ1) is 15.1. The SMILES string of the molecule is Nc1ccc(S(=O)Cc2cc(Br)cc3c2OCC3)c(Br)c1. The van der Waals surface area contributed by atoms with Crippen molar-refractivity contribution in [3.05, 3.63) is 50.4 Å². The summed E-state index contributed by atoms with van der Waals surface area (Å²) in [6.45, 7) is 0.691. The molecule has 1 aliphatic heterocycles. The molecular formula is C15H13Br2NO2S. The molecule has 3 rings (SSSR count). The number of anilines is 1. The second kappa shape index (κ2) is 6.10. The molecule has 0 bridgehead atoms. The highest BCUT2D eigenvalue weighted by Crippen LogP contribution is 2.35. The monoisotopic (exact) mass is 429 g/mol. The van der Waals surface area contributed by atoms with Gasteiger partial charge in [-0.25, -0.2) is 0 Å². The Morgan fingerprint density at radius 3 is 2.81 bits per heavy atom. The summed E-state index contributed by atoms with van der Waals surface area (Å²) in [6.07, 6.45) is 0.903. The summed E-state index contributed by atoms with van der Waals surface area (Å²) in [6, 6.07) is 9.38. The van der Waals surface area contributed by atoms with Gasteiger partial charge in [0, 0.05) is 26.6 Å². The third kappa shape index (κ3) is 3.17. The smallest absolute Gasteiger partial charge is 0.126 e. The largest absolute Gasteiger partial charge is 0.493 e. The molecular weight excluding hydrogens is 418 g/mol. The van der Waals surface area contributed by atoms with Gasteiger partial charge in [0.1, 0.15) is 5.75 Å². The summed E-state index contributed by atoms with van der Waals surface area (Å²) in [7, 11) is -1.16. The van der Waals surface area contributed by atoms with Crippen LogP contribution in [-0.2, 0) is 23.0 Å². The van der Waals surface area contributed by atoms with Crippen molar-refractivity contribution >= 4 is 48.3 Å². The molecule has 110 valence electrons. The number of nitrogens with two attached hydrogens (primary N) is 1. The number of fused-ring (bicyclic) bond motifs is 1. The molecule has 0 amide bonds. The van der Waals surface area contributed by atoms with Crippen LogP contribution >= 0.6 is 31.9 Å². The lowest BCUT2D eigenvalue weighted by atomic mass is 10.1. The van der Waals surface area contributed by atoms with Gasteiger partial charge < -0.3 is 10.5 Å². The summed E-state index contributed by atoms with van der Waals surface area (Å²) in [5.41, 5.74) is 8.51. The molecule has 0 radical (unpaired) electrons. The lowest BCUT2D eigenvalue weighted by Crippen LogP contribution is -2.00. The fourth-order valence-corrected chi connectivity index (χ4v) is 5.01. The zero-order valence-electron chi connectivity index (χ0n) is 11.1. The normalized spacial score (nSPS) is 14.6. The Kier molecular flexibility index (Phi) is 4.38. The van der Waals surface area contributed by atoms with E-state index in [1.165, 1.54) is 5.56 Å². The molecule has 0 aliphatic carbocycles. The van der Waals surface area contributed by atoms with Crippen LogP contribution in [0.25, 0.3) is 0 Å². The fraction of sp³-hybridized carbons (Fsp3) is 0.200. The van der Waals surface area contributed by atoms with Crippen molar-refractivity contribution in [2.24, 2.45) is 0 Å². The summed E-state index contributed by atoms with van der Waals surface area (Å²) in [4.78, 5) is 0.746. The van der Waals surface area contributed by atoms with Crippen molar-refractivity contribution in [2.75, 3.05) is 12.3 Å². The van der Waals surface area contributed by atoms with Crippen molar-refractivity contribution in [3.63, 3.8) is 0 Å². The predicted octanol–water partition coefficient (Wildman–Crippen LogP) is 4.04. The number of benzene rings is 2. The Labute approximate surface area is 142 Å². The molecule has 2 aromatic rings. The number of rotatable bonds is 3. The van der Waals surface area contributed by atoms with Crippen LogP contribution in [0.5, 0.6) is 5.75 Å². The van der Waals surface area contributed by atoms with Gasteiger partial charge in [-0.3, -0.25) is 4.21 Å². The highest BCUT2D eigenvalue weighted by molar-refractivity contribution is 9.10. The second-order valence-electron chi connectivity index (χ2n) is 4.83. The molecule has 1 heterocycles. The summed E-state index contributed by atoms with van der Waals surface area (Å²) >= 11 is 6.93. The first-order chi connectivity index (χ1) is 10.0. The van der Waals surface area contributed by atoms with Crippen LogP contribution in [-0.4, -0.2) is 10.8 Å². The van der Waals surface area contributed by atoms with Gasteiger partial charge >= 0.3 is 0 Å². The predicted molar refractivity (Wildman–Crippen MR) is 92.0 cm³/mol. The molecule has 1 atom stereocenters. The average Bonchev–Trinajstić information content (AvgIpc) is 2.86. The van der Waals surface area contributed by atoms with E-state index in [4.69, 9.17) is 10.5 Å². The van der Waals surface area contributed by atoms with Crippen molar-refractivity contribution in [1.29, 1.82) is 0 Å². The molecule has 0 aromatic heterocycles. The van der Waals surface area contributed by atoms with Crippen LogP contribution in [0.15, 0.2) is 44.2 Å². The van der Waals surface area contributed by atoms with Crippen molar-refractivity contribution in [1.82, 2.24) is 0 Å². The van der Waals surface area contributed by atoms with E-state index in [9.17, 15) is 4.21 Å². The summed E-state index contributed by atoms with van der Waals surface area (Å²) < 4.78 is 20.1. The summed E-state index contributed by atoms with van der Waals surface area (Å²) in [5, 5.41) is 0. The zero-order valence-corrected chi connectivity index (χ0v) is 15.1. The van der Waals surface area contributed by atoms with Crippen molar-refractivity contribution in [3.8, 4) is 5.75 Å². The van der Waals surface area contributed by atoms with Gasteiger partial charge in [0.15, 0.2) is 0 Å². The molecule has 0 spiro atoms. The van der Waals surface area contributed by atoms with Crippen LogP contribution in [0.1, 0.15) is 11.1 Å². The lowest BCUT2D eigenvalue weighted by molar-refractivity contribution is 0.354. The third-order valence-electron chi connectivity index (χ3n) is 3.31. The molecule has 2 aromatic carbocycles. The number of nitrogen functional groups attached to an aromatic ring is 1. The van der Waals surface area contributed by atoms with Crippen LogP contribution in [0.2, 0.25) is 0 Å². The molecule has 1 aliphatic rings. The van der Waals surface area contributed by atoms with E-state index in [2.05, 4.69) is 37.9 Å². The van der Waals surface area contributed by atoms with Gasteiger partial charge in [-0.1, -0.05) is 15.9 Å². The molecule has 0 saturated carbocycles. The standard InChI is InChI=1S/C15H13Br2NO2S/c16-11-5-9-3-4-20-15(9)10(6-11)8-21(19)14-2-1-12(18)7-13(14)17/h1-2,5-7H,3-4,8,18H2. The minimum Gasteiger partial charge on any atom is -0.493 e. The van der Waals surface area contributed by atoms with Gasteiger partial charge in [-0.15, -0.1) is 0 Å². The Hall–Kier alpha value is -0.850. The molecule has 6 heteroatoms. The van der Waals surface area contributed by atoms with Gasteiger partial charge in [-0.2, -0.15) is 0 Å². The Bertz CT molecular complexity index is 734. The average molecular weight is 431 g/mol. The van der Waals surface area contributed by atoms with E-state index in [1.54, 1.807) is 18.2 Å². The van der Waals surface area contributed by atoms with Crippen LogP contribution in [0.3, 0.4) is 0 Å². The third-order valence-corrected chi connectivity index (χ3v) is 6.11. The van der Waals surface area contributed by atoms with E-state index < -0.39 is 10.8 Å². The first-order valence-corrected chi connectivity index (χ1v) is 9.32. The van der Waals surface area contributed by atoms with Crippen LogP contribution in [0, 0.1) is 0 Å². The van der Waals surface area contributed by atoms with Crippen molar-refractivity contribution in [2.45, 2.75) is 17.1 Å². The van der Waals surface area contributed by atoms with E-state index >= 15 is 0 Å². The molecule has 21 heavy (non-hydrogen) atoms. The van der Waals surface area contributed by atoms with E-state index in [0.717, 1.165) is 31.6 Å². The minimum absolute atomic E-state index is 0.421. The van der Waals surface area contributed by atoms with Gasteiger partial charge in [0.2, 0.25) is 0 Å². The minimum atomic E-state index is -1.16. The lowest BCUT2D eigenvalue weighted by Gasteiger charge is -2.10. The van der Waals surface area contributed by atoms with E-state index in [0.29, 0.717) is 18.0 Å². The van der Waals surface area contributed by atoms with Gasteiger partial charge in [-0.05, 0) is 51.8 Å². The molecule has 0 fully saturated rings. The molecule has 1 unspecified atom stereocenters. The fourth-order valence-electron chi connectivity index (χ4n) is 2.37. The Morgan fingerprint density at radius 1 is 1.24 bits per heavy atom. The van der Waals surface area contributed by atoms with Gasteiger partial charge in [0.25, 0.3) is 0 Å². The number of hydrogen-bond donors (Lipinski definition) is 1. The first-order valence-electron chi connectivity index (χ1n) is 6.42. The molecule has 0 saturated heterocycles. The number of halogens is 2. The molecule has 3 nitrogen and oxygen atoms in total. The maximum Gasteiger partial charge on any atom is 0.126 e. The number of hydrogen-bond acceptors (Lipinski definition) is 3. The molecule has 2 N–H and O–H groups in total. The van der Waals surface area contributed by atoms with Crippen LogP contribution < -0.4 is 10.5 Å². The zero-order chi connectivity index (χ0) is 15.0. The van der Waals surface area contributed by atoms with E-state index in [1.807, 2.05) is 6.07 Å². The number of ether oxygens (including phenoxy) is 1. The summed E-state index contributed by atoms with van der Waals surface area (Å²) in [5.74, 6) is 1.31.